The Bertz CT molecular complexity index is 508. The molecule has 0 aliphatic heterocycles. The van der Waals surface area contributed by atoms with Crippen molar-refractivity contribution in [2.75, 3.05) is 6.61 Å². The summed E-state index contributed by atoms with van der Waals surface area (Å²) in [5.74, 6) is 0.830. The summed E-state index contributed by atoms with van der Waals surface area (Å²) in [7, 11) is 0. The third kappa shape index (κ3) is 3.23. The van der Waals surface area contributed by atoms with E-state index in [4.69, 9.17) is 4.74 Å². The predicted octanol–water partition coefficient (Wildman–Crippen LogP) is 3.77. The van der Waals surface area contributed by atoms with E-state index in [2.05, 4.69) is 22.6 Å². The minimum Gasteiger partial charge on any atom is -0.494 e. The molecule has 3 heteroatoms. The van der Waals surface area contributed by atoms with E-state index in [-0.39, 0.29) is 0 Å². The van der Waals surface area contributed by atoms with Gasteiger partial charge in [-0.05, 0) is 64.9 Å². The summed E-state index contributed by atoms with van der Waals surface area (Å²) in [6.45, 7) is 2.60. The summed E-state index contributed by atoms with van der Waals surface area (Å²) < 4.78 is 6.50. The van der Waals surface area contributed by atoms with Gasteiger partial charge in [-0.25, -0.2) is 0 Å². The van der Waals surface area contributed by atoms with Crippen molar-refractivity contribution in [3.8, 4) is 5.75 Å². The lowest BCUT2D eigenvalue weighted by Gasteiger charge is -2.12. The molecule has 0 heterocycles. The van der Waals surface area contributed by atoms with Crippen LogP contribution in [-0.4, -0.2) is 11.7 Å². The Morgan fingerprint density at radius 1 is 1.11 bits per heavy atom. The van der Waals surface area contributed by atoms with Crippen LogP contribution in [0.15, 0.2) is 48.5 Å². The van der Waals surface area contributed by atoms with E-state index in [0.717, 1.165) is 20.4 Å². The number of benzene rings is 2. The fourth-order valence-corrected chi connectivity index (χ4v) is 2.35. The fraction of sp³-hybridized carbons (Fsp3) is 0.200. The molecule has 18 heavy (non-hydrogen) atoms. The Kier molecular flexibility index (Phi) is 4.60. The van der Waals surface area contributed by atoms with Gasteiger partial charge in [0, 0.05) is 3.57 Å². The molecular formula is C15H15IO2. The highest BCUT2D eigenvalue weighted by atomic mass is 127. The van der Waals surface area contributed by atoms with Gasteiger partial charge in [0.2, 0.25) is 0 Å². The van der Waals surface area contributed by atoms with Gasteiger partial charge in [-0.3, -0.25) is 0 Å². The molecule has 0 radical (unpaired) electrons. The van der Waals surface area contributed by atoms with Crippen LogP contribution in [0, 0.1) is 3.57 Å². The highest BCUT2D eigenvalue weighted by Crippen LogP contribution is 2.24. The van der Waals surface area contributed by atoms with Crippen molar-refractivity contribution in [2.45, 2.75) is 13.0 Å². The van der Waals surface area contributed by atoms with Gasteiger partial charge in [-0.15, -0.1) is 0 Å². The summed E-state index contributed by atoms with van der Waals surface area (Å²) in [5.41, 5.74) is 1.78. The minimum absolute atomic E-state index is 0.588. The molecule has 0 aromatic heterocycles. The molecule has 0 fully saturated rings. The Hall–Kier alpha value is -1.07. The topological polar surface area (TPSA) is 29.5 Å². The predicted molar refractivity (Wildman–Crippen MR) is 80.8 cm³/mol. The van der Waals surface area contributed by atoms with E-state index in [1.54, 1.807) is 0 Å². The van der Waals surface area contributed by atoms with Crippen LogP contribution >= 0.6 is 22.6 Å². The molecule has 1 N–H and O–H groups in total. The van der Waals surface area contributed by atoms with Crippen LogP contribution in [0.4, 0.5) is 0 Å². The summed E-state index contributed by atoms with van der Waals surface area (Å²) in [5, 5.41) is 10.3. The lowest BCUT2D eigenvalue weighted by molar-refractivity contribution is 0.220. The first-order chi connectivity index (χ1) is 8.70. The molecule has 2 nitrogen and oxygen atoms in total. The third-order valence-corrected chi connectivity index (χ3v) is 3.34. The summed E-state index contributed by atoms with van der Waals surface area (Å²) in [4.78, 5) is 0. The quantitative estimate of drug-likeness (QED) is 0.847. The SMILES string of the molecule is CCOc1ccc(C(O)c2cccc(I)c2)cc1. The van der Waals surface area contributed by atoms with Gasteiger partial charge in [0.15, 0.2) is 0 Å². The zero-order valence-corrected chi connectivity index (χ0v) is 12.3. The summed E-state index contributed by atoms with van der Waals surface area (Å²) in [6.07, 6.45) is -0.588. The van der Waals surface area contributed by atoms with E-state index in [0.29, 0.717) is 6.61 Å². The molecule has 0 saturated heterocycles. The number of halogens is 1. The highest BCUT2D eigenvalue weighted by molar-refractivity contribution is 14.1. The Morgan fingerprint density at radius 2 is 1.83 bits per heavy atom. The third-order valence-electron chi connectivity index (χ3n) is 2.67. The number of aliphatic hydroxyl groups excluding tert-OH is 1. The molecule has 2 aromatic rings. The van der Waals surface area contributed by atoms with Crippen molar-refractivity contribution in [3.05, 3.63) is 63.2 Å². The molecule has 2 rings (SSSR count). The summed E-state index contributed by atoms with van der Waals surface area (Å²) in [6, 6.07) is 15.5. The second-order valence-electron chi connectivity index (χ2n) is 3.96. The maximum absolute atomic E-state index is 10.3. The second-order valence-corrected chi connectivity index (χ2v) is 5.21. The first-order valence-corrected chi connectivity index (χ1v) is 6.95. The molecule has 1 atom stereocenters. The molecule has 0 aliphatic rings. The van der Waals surface area contributed by atoms with Crippen molar-refractivity contribution in [3.63, 3.8) is 0 Å². The second kappa shape index (κ2) is 6.20. The number of ether oxygens (including phenoxy) is 1. The average molecular weight is 354 g/mol. The smallest absolute Gasteiger partial charge is 0.119 e. The molecular weight excluding hydrogens is 339 g/mol. The van der Waals surface area contributed by atoms with Crippen molar-refractivity contribution >= 4 is 22.6 Å². The van der Waals surface area contributed by atoms with Crippen LogP contribution in [-0.2, 0) is 0 Å². The van der Waals surface area contributed by atoms with Gasteiger partial charge in [0.25, 0.3) is 0 Å². The molecule has 0 bridgehead atoms. The van der Waals surface area contributed by atoms with E-state index >= 15 is 0 Å². The number of aliphatic hydroxyl groups is 1. The lowest BCUT2D eigenvalue weighted by Crippen LogP contribution is -2.00. The van der Waals surface area contributed by atoms with Crippen LogP contribution in [0.25, 0.3) is 0 Å². The van der Waals surface area contributed by atoms with Gasteiger partial charge in [0.05, 0.1) is 6.61 Å². The van der Waals surface area contributed by atoms with Gasteiger partial charge in [-0.1, -0.05) is 24.3 Å². The highest BCUT2D eigenvalue weighted by Gasteiger charge is 2.10. The zero-order chi connectivity index (χ0) is 13.0. The van der Waals surface area contributed by atoms with Crippen molar-refractivity contribution < 1.29 is 9.84 Å². The molecule has 94 valence electrons. The van der Waals surface area contributed by atoms with Gasteiger partial charge in [0.1, 0.15) is 11.9 Å². The first kappa shape index (κ1) is 13.4. The van der Waals surface area contributed by atoms with Gasteiger partial charge >= 0.3 is 0 Å². The largest absolute Gasteiger partial charge is 0.494 e. The van der Waals surface area contributed by atoms with Crippen molar-refractivity contribution in [2.24, 2.45) is 0 Å². The number of hydrogen-bond donors (Lipinski definition) is 1. The van der Waals surface area contributed by atoms with E-state index in [1.165, 1.54) is 0 Å². The van der Waals surface area contributed by atoms with Crippen LogP contribution < -0.4 is 4.74 Å². The van der Waals surface area contributed by atoms with Gasteiger partial charge in [-0.2, -0.15) is 0 Å². The van der Waals surface area contributed by atoms with E-state index < -0.39 is 6.10 Å². The van der Waals surface area contributed by atoms with Crippen LogP contribution in [0.5, 0.6) is 5.75 Å². The van der Waals surface area contributed by atoms with Crippen molar-refractivity contribution in [1.29, 1.82) is 0 Å². The Balaban J connectivity index is 2.20. The normalized spacial score (nSPS) is 12.2. The molecule has 0 aliphatic carbocycles. The van der Waals surface area contributed by atoms with Gasteiger partial charge < -0.3 is 9.84 Å². The summed E-state index contributed by atoms with van der Waals surface area (Å²) >= 11 is 2.24. The van der Waals surface area contributed by atoms with Crippen LogP contribution in [0.3, 0.4) is 0 Å². The Morgan fingerprint density at radius 3 is 2.44 bits per heavy atom. The van der Waals surface area contributed by atoms with Crippen LogP contribution in [0.1, 0.15) is 24.2 Å². The average Bonchev–Trinajstić information content (AvgIpc) is 2.39. The van der Waals surface area contributed by atoms with Crippen molar-refractivity contribution in [1.82, 2.24) is 0 Å². The molecule has 0 amide bonds. The Labute approximate surface area is 121 Å². The van der Waals surface area contributed by atoms with Crippen LogP contribution in [0.2, 0.25) is 0 Å². The monoisotopic (exact) mass is 354 g/mol. The number of hydrogen-bond acceptors (Lipinski definition) is 2. The molecule has 2 aromatic carbocycles. The maximum atomic E-state index is 10.3. The van der Waals surface area contributed by atoms with E-state index in [1.807, 2.05) is 55.5 Å². The standard InChI is InChI=1S/C15H15IO2/c1-2-18-14-8-6-11(7-9-14)15(17)12-4-3-5-13(16)10-12/h3-10,15,17H,2H2,1H3. The maximum Gasteiger partial charge on any atom is 0.119 e. The first-order valence-electron chi connectivity index (χ1n) is 5.87. The zero-order valence-electron chi connectivity index (χ0n) is 10.1. The molecule has 0 spiro atoms. The van der Waals surface area contributed by atoms with E-state index in [9.17, 15) is 5.11 Å². The molecule has 1 unspecified atom stereocenters. The number of rotatable bonds is 4. The fourth-order valence-electron chi connectivity index (χ4n) is 1.78. The molecule has 0 saturated carbocycles. The lowest BCUT2D eigenvalue weighted by atomic mass is 10.0. The minimum atomic E-state index is -0.588.